The lowest BCUT2D eigenvalue weighted by Gasteiger charge is -2.01. The van der Waals surface area contributed by atoms with Crippen molar-refractivity contribution in [2.45, 2.75) is 11.9 Å². The van der Waals surface area contributed by atoms with Gasteiger partial charge in [0.1, 0.15) is 0 Å². The number of nitrogens with zero attached hydrogens (tertiary/aromatic N) is 1. The first kappa shape index (κ1) is 9.99. The van der Waals surface area contributed by atoms with Crippen LogP contribution >= 0.6 is 27.7 Å². The maximum absolute atomic E-state index is 4.55. The lowest BCUT2D eigenvalue weighted by Crippen LogP contribution is -1.82. The first-order valence-electron chi connectivity index (χ1n) is 4.48. The lowest BCUT2D eigenvalue weighted by molar-refractivity contribution is 1.19. The van der Waals surface area contributed by atoms with E-state index in [0.717, 1.165) is 20.8 Å². The van der Waals surface area contributed by atoms with Crippen LogP contribution in [0.15, 0.2) is 39.8 Å². The average Bonchev–Trinajstić information content (AvgIpc) is 2.19. The van der Waals surface area contributed by atoms with Gasteiger partial charge in [0.05, 0.1) is 10.5 Å². The number of hydrogen-bond donors (Lipinski definition) is 0. The van der Waals surface area contributed by atoms with E-state index in [1.165, 1.54) is 5.39 Å². The van der Waals surface area contributed by atoms with Crippen molar-refractivity contribution in [1.29, 1.82) is 0 Å². The monoisotopic (exact) mass is 267 g/mol. The first-order chi connectivity index (χ1) is 6.79. The van der Waals surface area contributed by atoms with Gasteiger partial charge in [-0.3, -0.25) is 0 Å². The van der Waals surface area contributed by atoms with E-state index < -0.39 is 0 Å². The van der Waals surface area contributed by atoms with Crippen LogP contribution in [0.5, 0.6) is 0 Å². The molecule has 0 fully saturated rings. The molecule has 0 saturated heterocycles. The first-order valence-corrected chi connectivity index (χ1v) is 6.26. The van der Waals surface area contributed by atoms with Crippen molar-refractivity contribution in [3.8, 4) is 0 Å². The quantitative estimate of drug-likeness (QED) is 0.760. The molecule has 0 aliphatic carbocycles. The Morgan fingerprint density at radius 1 is 1.29 bits per heavy atom. The second-order valence-electron chi connectivity index (χ2n) is 2.92. The summed E-state index contributed by atoms with van der Waals surface area (Å²) in [5, 5.41) is 2.28. The van der Waals surface area contributed by atoms with E-state index in [-0.39, 0.29) is 0 Å². The minimum Gasteiger partial charge on any atom is -0.241 e. The van der Waals surface area contributed by atoms with E-state index in [4.69, 9.17) is 0 Å². The topological polar surface area (TPSA) is 12.9 Å². The van der Waals surface area contributed by atoms with Gasteiger partial charge in [0.2, 0.25) is 0 Å². The van der Waals surface area contributed by atoms with Gasteiger partial charge in [0.25, 0.3) is 0 Å². The SMILES string of the molecule is CCSc1ccc2cc(Br)ccc2n1. The third kappa shape index (κ3) is 2.10. The molecule has 0 aliphatic heterocycles. The van der Waals surface area contributed by atoms with Crippen LogP contribution in [0.4, 0.5) is 0 Å². The molecule has 1 aromatic carbocycles. The molecule has 0 spiro atoms. The standard InChI is InChI=1S/C11H10BrNS/c1-2-14-11-6-3-8-7-9(12)4-5-10(8)13-11/h3-7H,2H2,1H3. The van der Waals surface area contributed by atoms with E-state index in [0.29, 0.717) is 0 Å². The Hall–Kier alpha value is -0.540. The molecular weight excluding hydrogens is 258 g/mol. The molecule has 0 radical (unpaired) electrons. The van der Waals surface area contributed by atoms with Crippen LogP contribution in [0.1, 0.15) is 6.92 Å². The summed E-state index contributed by atoms with van der Waals surface area (Å²) in [6.07, 6.45) is 0. The highest BCUT2D eigenvalue weighted by molar-refractivity contribution is 9.10. The predicted octanol–water partition coefficient (Wildman–Crippen LogP) is 4.11. The van der Waals surface area contributed by atoms with E-state index in [2.05, 4.69) is 46.0 Å². The van der Waals surface area contributed by atoms with Crippen molar-refractivity contribution in [2.24, 2.45) is 0 Å². The average molecular weight is 268 g/mol. The minimum atomic E-state index is 1.06. The zero-order valence-corrected chi connectivity index (χ0v) is 10.2. The Morgan fingerprint density at radius 3 is 2.93 bits per heavy atom. The van der Waals surface area contributed by atoms with Crippen LogP contribution in [-0.4, -0.2) is 10.7 Å². The molecule has 14 heavy (non-hydrogen) atoms. The van der Waals surface area contributed by atoms with Crippen LogP contribution < -0.4 is 0 Å². The highest BCUT2D eigenvalue weighted by Gasteiger charge is 1.98. The number of pyridine rings is 1. The summed E-state index contributed by atoms with van der Waals surface area (Å²) in [5.41, 5.74) is 1.06. The van der Waals surface area contributed by atoms with Crippen molar-refractivity contribution in [1.82, 2.24) is 4.98 Å². The Labute approximate surface area is 96.1 Å². The van der Waals surface area contributed by atoms with Gasteiger partial charge < -0.3 is 0 Å². The molecule has 2 aromatic rings. The highest BCUT2D eigenvalue weighted by Crippen LogP contribution is 2.22. The normalized spacial score (nSPS) is 10.7. The molecule has 0 bridgehead atoms. The molecule has 0 aliphatic rings. The Balaban J connectivity index is 2.50. The largest absolute Gasteiger partial charge is 0.241 e. The van der Waals surface area contributed by atoms with E-state index in [1.807, 2.05) is 12.1 Å². The van der Waals surface area contributed by atoms with Crippen LogP contribution in [-0.2, 0) is 0 Å². The summed E-state index contributed by atoms with van der Waals surface area (Å²) in [6.45, 7) is 2.14. The minimum absolute atomic E-state index is 1.06. The molecule has 0 unspecified atom stereocenters. The summed E-state index contributed by atoms with van der Waals surface area (Å²) in [7, 11) is 0. The van der Waals surface area contributed by atoms with Gasteiger partial charge in [0.15, 0.2) is 0 Å². The summed E-state index contributed by atoms with van der Waals surface area (Å²) in [5.74, 6) is 1.06. The predicted molar refractivity (Wildman–Crippen MR) is 65.8 cm³/mol. The van der Waals surface area contributed by atoms with Crippen molar-refractivity contribution in [3.05, 3.63) is 34.8 Å². The van der Waals surface area contributed by atoms with Gasteiger partial charge in [-0.1, -0.05) is 28.9 Å². The smallest absolute Gasteiger partial charge is 0.0967 e. The van der Waals surface area contributed by atoms with Crippen molar-refractivity contribution in [3.63, 3.8) is 0 Å². The van der Waals surface area contributed by atoms with Crippen LogP contribution in [0, 0.1) is 0 Å². The molecule has 1 nitrogen and oxygen atoms in total. The second-order valence-corrected chi connectivity index (χ2v) is 5.12. The summed E-state index contributed by atoms with van der Waals surface area (Å²) in [6, 6.07) is 10.3. The zero-order chi connectivity index (χ0) is 9.97. The third-order valence-corrected chi connectivity index (χ3v) is 3.22. The fraction of sp³-hybridized carbons (Fsp3) is 0.182. The van der Waals surface area contributed by atoms with Crippen LogP contribution in [0.25, 0.3) is 10.9 Å². The Morgan fingerprint density at radius 2 is 2.14 bits per heavy atom. The summed E-state index contributed by atoms with van der Waals surface area (Å²) in [4.78, 5) is 4.55. The molecule has 1 aromatic heterocycles. The number of halogens is 1. The third-order valence-electron chi connectivity index (χ3n) is 1.92. The molecule has 0 N–H and O–H groups in total. The zero-order valence-electron chi connectivity index (χ0n) is 7.83. The number of hydrogen-bond acceptors (Lipinski definition) is 2. The van der Waals surface area contributed by atoms with E-state index >= 15 is 0 Å². The number of thioether (sulfide) groups is 1. The maximum atomic E-state index is 4.55. The molecular formula is C11H10BrNS. The molecule has 3 heteroatoms. The molecule has 2 rings (SSSR count). The van der Waals surface area contributed by atoms with Gasteiger partial charge in [-0.05, 0) is 30.0 Å². The maximum Gasteiger partial charge on any atom is 0.0967 e. The van der Waals surface area contributed by atoms with Gasteiger partial charge in [-0.15, -0.1) is 11.8 Å². The lowest BCUT2D eigenvalue weighted by atomic mass is 10.2. The van der Waals surface area contributed by atoms with Gasteiger partial charge >= 0.3 is 0 Å². The number of rotatable bonds is 2. The van der Waals surface area contributed by atoms with Crippen molar-refractivity contribution >= 4 is 38.6 Å². The van der Waals surface area contributed by atoms with E-state index in [9.17, 15) is 0 Å². The van der Waals surface area contributed by atoms with Crippen LogP contribution in [0.2, 0.25) is 0 Å². The highest BCUT2D eigenvalue weighted by atomic mass is 79.9. The Kier molecular flexibility index (Phi) is 3.08. The van der Waals surface area contributed by atoms with Gasteiger partial charge in [-0.25, -0.2) is 4.98 Å². The van der Waals surface area contributed by atoms with Crippen molar-refractivity contribution in [2.75, 3.05) is 5.75 Å². The molecule has 0 saturated carbocycles. The van der Waals surface area contributed by atoms with Crippen LogP contribution in [0.3, 0.4) is 0 Å². The number of aromatic nitrogens is 1. The Bertz CT molecular complexity index is 456. The molecule has 0 amide bonds. The number of fused-ring (bicyclic) bond motifs is 1. The molecule has 1 heterocycles. The van der Waals surface area contributed by atoms with Crippen molar-refractivity contribution < 1.29 is 0 Å². The fourth-order valence-corrected chi connectivity index (χ4v) is 2.31. The summed E-state index contributed by atoms with van der Waals surface area (Å²) >= 11 is 5.22. The molecule has 72 valence electrons. The fourth-order valence-electron chi connectivity index (χ4n) is 1.31. The number of benzene rings is 1. The second kappa shape index (κ2) is 4.32. The van der Waals surface area contributed by atoms with Gasteiger partial charge in [-0.2, -0.15) is 0 Å². The van der Waals surface area contributed by atoms with Gasteiger partial charge in [0, 0.05) is 9.86 Å². The van der Waals surface area contributed by atoms with E-state index in [1.54, 1.807) is 11.8 Å². The summed E-state index contributed by atoms with van der Waals surface area (Å²) < 4.78 is 1.10. The molecule has 0 atom stereocenters.